The van der Waals surface area contributed by atoms with E-state index in [9.17, 15) is 13.2 Å². The summed E-state index contributed by atoms with van der Waals surface area (Å²) in [7, 11) is 1.11. The van der Waals surface area contributed by atoms with E-state index in [1.807, 2.05) is 0 Å². The molecular formula is C10H22N2O5S. The molecule has 8 heteroatoms. The first-order valence-electron chi connectivity index (χ1n) is 5.50. The fourth-order valence-electron chi connectivity index (χ4n) is 1.17. The minimum Gasteiger partial charge on any atom is -0.383 e. The molecule has 0 aliphatic rings. The molecule has 0 rings (SSSR count). The number of methoxy groups -OCH3 is 2. The smallest absolute Gasteiger partial charge is 0.238 e. The molecule has 0 heterocycles. The van der Waals surface area contributed by atoms with Crippen LogP contribution in [0.2, 0.25) is 0 Å². The third-order valence-corrected chi connectivity index (χ3v) is 3.67. The molecule has 1 amide bonds. The third kappa shape index (κ3) is 6.90. The van der Waals surface area contributed by atoms with Crippen LogP contribution in [0.25, 0.3) is 0 Å². The van der Waals surface area contributed by atoms with Crippen molar-refractivity contribution >= 4 is 15.9 Å². The Morgan fingerprint density at radius 3 is 1.89 bits per heavy atom. The van der Waals surface area contributed by atoms with Crippen molar-refractivity contribution in [3.05, 3.63) is 0 Å². The van der Waals surface area contributed by atoms with E-state index in [1.165, 1.54) is 11.9 Å². The molecule has 0 saturated heterocycles. The van der Waals surface area contributed by atoms with E-state index in [0.717, 1.165) is 10.6 Å². The van der Waals surface area contributed by atoms with E-state index >= 15 is 0 Å². The topological polar surface area (TPSA) is 76.2 Å². The van der Waals surface area contributed by atoms with Crippen LogP contribution in [0.1, 0.15) is 0 Å². The van der Waals surface area contributed by atoms with Crippen LogP contribution in [0, 0.1) is 0 Å². The highest BCUT2D eigenvalue weighted by molar-refractivity contribution is 7.88. The van der Waals surface area contributed by atoms with Gasteiger partial charge >= 0.3 is 0 Å². The van der Waals surface area contributed by atoms with Gasteiger partial charge in [-0.05, 0) is 0 Å². The summed E-state index contributed by atoms with van der Waals surface area (Å²) in [6.07, 6.45) is 1.06. The molecule has 0 atom stereocenters. The zero-order valence-corrected chi connectivity index (χ0v) is 12.2. The van der Waals surface area contributed by atoms with Crippen LogP contribution in [0.15, 0.2) is 0 Å². The number of ether oxygens (including phenoxy) is 2. The minimum atomic E-state index is -3.35. The van der Waals surface area contributed by atoms with Crippen LogP contribution in [0.4, 0.5) is 0 Å². The highest BCUT2D eigenvalue weighted by Crippen LogP contribution is 1.97. The van der Waals surface area contributed by atoms with Crippen LogP contribution < -0.4 is 0 Å². The van der Waals surface area contributed by atoms with Crippen LogP contribution in [-0.4, -0.2) is 83.9 Å². The SMILES string of the molecule is COCCN(CCOC)C(=O)CN(C)S(C)(=O)=O. The number of nitrogens with zero attached hydrogens (tertiary/aromatic N) is 2. The summed E-state index contributed by atoms with van der Waals surface area (Å²) >= 11 is 0. The van der Waals surface area contributed by atoms with Crippen molar-refractivity contribution in [2.45, 2.75) is 0 Å². The van der Waals surface area contributed by atoms with Crippen molar-refractivity contribution in [2.24, 2.45) is 0 Å². The fraction of sp³-hybridized carbons (Fsp3) is 0.900. The van der Waals surface area contributed by atoms with Gasteiger partial charge in [-0.1, -0.05) is 0 Å². The predicted octanol–water partition coefficient (Wildman–Crippen LogP) is -1.00. The Bertz CT molecular complexity index is 336. The number of carbonyl (C=O) groups is 1. The van der Waals surface area contributed by atoms with E-state index in [0.29, 0.717) is 26.3 Å². The molecule has 0 bridgehead atoms. The molecular weight excluding hydrogens is 260 g/mol. The lowest BCUT2D eigenvalue weighted by atomic mass is 10.4. The summed E-state index contributed by atoms with van der Waals surface area (Å²) in [6, 6.07) is 0. The van der Waals surface area contributed by atoms with E-state index in [1.54, 1.807) is 14.2 Å². The molecule has 0 spiro atoms. The van der Waals surface area contributed by atoms with E-state index in [-0.39, 0.29) is 12.5 Å². The van der Waals surface area contributed by atoms with Crippen LogP contribution >= 0.6 is 0 Å². The monoisotopic (exact) mass is 282 g/mol. The van der Waals surface area contributed by atoms with E-state index < -0.39 is 10.0 Å². The summed E-state index contributed by atoms with van der Waals surface area (Å²) in [5, 5.41) is 0. The Kier molecular flexibility index (Phi) is 8.08. The number of carbonyl (C=O) groups excluding carboxylic acids is 1. The fourth-order valence-corrected chi connectivity index (χ4v) is 1.52. The molecule has 0 aromatic heterocycles. The van der Waals surface area contributed by atoms with Gasteiger partial charge in [0.05, 0.1) is 26.0 Å². The van der Waals surface area contributed by atoms with Gasteiger partial charge in [-0.25, -0.2) is 8.42 Å². The lowest BCUT2D eigenvalue weighted by Gasteiger charge is -2.24. The van der Waals surface area contributed by atoms with Gasteiger partial charge in [0.25, 0.3) is 0 Å². The molecule has 0 radical (unpaired) electrons. The van der Waals surface area contributed by atoms with E-state index in [4.69, 9.17) is 9.47 Å². The lowest BCUT2D eigenvalue weighted by Crippen LogP contribution is -2.43. The van der Waals surface area contributed by atoms with Crippen LogP contribution in [0.3, 0.4) is 0 Å². The molecule has 0 unspecified atom stereocenters. The van der Waals surface area contributed by atoms with Crippen molar-refractivity contribution in [3.8, 4) is 0 Å². The molecule has 0 aromatic carbocycles. The molecule has 18 heavy (non-hydrogen) atoms. The summed E-state index contributed by atoms with van der Waals surface area (Å²) in [4.78, 5) is 13.4. The number of likely N-dealkylation sites (N-methyl/N-ethyl adjacent to an activating group) is 1. The Morgan fingerprint density at radius 2 is 1.56 bits per heavy atom. The molecule has 0 fully saturated rings. The Morgan fingerprint density at radius 1 is 1.11 bits per heavy atom. The molecule has 7 nitrogen and oxygen atoms in total. The second-order valence-corrected chi connectivity index (χ2v) is 5.97. The standard InChI is InChI=1S/C10H22N2O5S/c1-11(18(4,14)15)9-10(13)12(5-7-16-2)6-8-17-3/h5-9H2,1-4H3. The second-order valence-electron chi connectivity index (χ2n) is 3.89. The maximum Gasteiger partial charge on any atom is 0.238 e. The number of hydrogen-bond donors (Lipinski definition) is 0. The number of sulfonamides is 1. The number of rotatable bonds is 9. The van der Waals surface area contributed by atoms with Gasteiger partial charge in [-0.2, -0.15) is 4.31 Å². The predicted molar refractivity (Wildman–Crippen MR) is 67.8 cm³/mol. The summed E-state index contributed by atoms with van der Waals surface area (Å²) < 4.78 is 33.3. The zero-order valence-electron chi connectivity index (χ0n) is 11.4. The van der Waals surface area contributed by atoms with Crippen molar-refractivity contribution in [3.63, 3.8) is 0 Å². The highest BCUT2D eigenvalue weighted by atomic mass is 32.2. The Labute approximate surface area is 109 Å². The normalized spacial score (nSPS) is 11.8. The molecule has 0 aliphatic heterocycles. The van der Waals surface area contributed by atoms with Crippen molar-refractivity contribution < 1.29 is 22.7 Å². The van der Waals surface area contributed by atoms with Gasteiger partial charge in [-0.15, -0.1) is 0 Å². The Balaban J connectivity index is 4.44. The Hall–Kier alpha value is -0.700. The average molecular weight is 282 g/mol. The summed E-state index contributed by atoms with van der Waals surface area (Å²) in [6.45, 7) is 1.45. The van der Waals surface area contributed by atoms with Crippen molar-refractivity contribution in [1.29, 1.82) is 0 Å². The van der Waals surface area contributed by atoms with Crippen molar-refractivity contribution in [1.82, 2.24) is 9.21 Å². The second kappa shape index (κ2) is 8.41. The molecule has 0 saturated carbocycles. The maximum absolute atomic E-state index is 11.9. The minimum absolute atomic E-state index is 0.174. The van der Waals surface area contributed by atoms with Gasteiger partial charge < -0.3 is 14.4 Å². The summed E-state index contributed by atoms with van der Waals surface area (Å²) in [5.41, 5.74) is 0. The lowest BCUT2D eigenvalue weighted by molar-refractivity contribution is -0.132. The zero-order chi connectivity index (χ0) is 14.2. The molecule has 0 N–H and O–H groups in total. The highest BCUT2D eigenvalue weighted by Gasteiger charge is 2.19. The number of amides is 1. The van der Waals surface area contributed by atoms with Crippen LogP contribution in [0.5, 0.6) is 0 Å². The molecule has 0 aromatic rings. The van der Waals surface area contributed by atoms with Crippen LogP contribution in [-0.2, 0) is 24.3 Å². The molecule has 0 aliphatic carbocycles. The summed E-state index contributed by atoms with van der Waals surface area (Å²) in [5.74, 6) is -0.267. The van der Waals surface area contributed by atoms with Gasteiger partial charge in [0.1, 0.15) is 0 Å². The number of hydrogen-bond acceptors (Lipinski definition) is 5. The first kappa shape index (κ1) is 17.3. The first-order valence-corrected chi connectivity index (χ1v) is 7.34. The largest absolute Gasteiger partial charge is 0.383 e. The van der Waals surface area contributed by atoms with E-state index in [2.05, 4.69) is 0 Å². The average Bonchev–Trinajstić information content (AvgIpc) is 2.27. The molecule has 108 valence electrons. The third-order valence-electron chi connectivity index (χ3n) is 2.41. The van der Waals surface area contributed by atoms with Gasteiger partial charge in [0, 0.05) is 34.4 Å². The van der Waals surface area contributed by atoms with Gasteiger partial charge in [0.15, 0.2) is 0 Å². The first-order chi connectivity index (χ1) is 8.32. The van der Waals surface area contributed by atoms with Gasteiger partial charge in [0.2, 0.25) is 15.9 Å². The quantitative estimate of drug-likeness (QED) is 0.542. The van der Waals surface area contributed by atoms with Crippen molar-refractivity contribution in [2.75, 3.05) is 60.4 Å². The van der Waals surface area contributed by atoms with Gasteiger partial charge in [-0.3, -0.25) is 4.79 Å². The maximum atomic E-state index is 11.9.